The third-order valence-corrected chi connectivity index (χ3v) is 5.96. The van der Waals surface area contributed by atoms with Crippen LogP contribution in [-0.2, 0) is 4.79 Å². The highest BCUT2D eigenvalue weighted by atomic mass is 32.1. The molecule has 1 aliphatic heterocycles. The first kappa shape index (κ1) is 21.2. The first-order valence-electron chi connectivity index (χ1n) is 9.89. The monoisotopic (exact) mass is 415 g/mol. The molecule has 6 nitrogen and oxygen atoms in total. The van der Waals surface area contributed by atoms with Crippen LogP contribution < -0.4 is 20.3 Å². The normalized spacial score (nSPS) is 15.7. The van der Waals surface area contributed by atoms with Crippen LogP contribution in [0, 0.1) is 5.41 Å². The van der Waals surface area contributed by atoms with Gasteiger partial charge in [-0.1, -0.05) is 26.8 Å². The van der Waals surface area contributed by atoms with Crippen molar-refractivity contribution in [2.45, 2.75) is 46.1 Å². The molecule has 2 aromatic rings. The fraction of sp³-hybridized carbons (Fsp3) is 0.455. The number of rotatable bonds is 5. The Balaban J connectivity index is 1.78. The average molecular weight is 416 g/mol. The molecule has 1 aromatic carbocycles. The van der Waals surface area contributed by atoms with E-state index in [4.69, 9.17) is 4.74 Å². The summed E-state index contributed by atoms with van der Waals surface area (Å²) < 4.78 is 5.44. The molecular formula is C22H29N3O3S. The standard InChI is InChI=1S/C22H29N3O3S/c1-22(2,3)20(18-8-7-13-29-18)24-21(27)23-15-10-11-17(28-4)16(14-15)25-12-6-5-9-19(25)26/h7-8,10-11,13-14,20H,5-6,9,12H2,1-4H3,(H2,23,24,27). The summed E-state index contributed by atoms with van der Waals surface area (Å²) in [6.45, 7) is 6.97. The molecule has 1 fully saturated rings. The lowest BCUT2D eigenvalue weighted by Gasteiger charge is -2.31. The van der Waals surface area contributed by atoms with Crippen molar-refractivity contribution in [3.63, 3.8) is 0 Å². The second kappa shape index (κ2) is 8.86. The van der Waals surface area contributed by atoms with Crippen molar-refractivity contribution in [1.29, 1.82) is 0 Å². The number of benzene rings is 1. The zero-order chi connectivity index (χ0) is 21.0. The predicted molar refractivity (Wildman–Crippen MR) is 118 cm³/mol. The summed E-state index contributed by atoms with van der Waals surface area (Å²) in [5, 5.41) is 8.02. The number of anilines is 2. The molecule has 7 heteroatoms. The van der Waals surface area contributed by atoms with Gasteiger partial charge in [0.15, 0.2) is 0 Å². The molecule has 1 aliphatic rings. The number of methoxy groups -OCH3 is 1. The minimum Gasteiger partial charge on any atom is -0.495 e. The SMILES string of the molecule is COc1ccc(NC(=O)NC(c2cccs2)C(C)(C)C)cc1N1CCCCC1=O. The molecule has 1 unspecified atom stereocenters. The Morgan fingerprint density at radius 3 is 2.66 bits per heavy atom. The van der Waals surface area contributed by atoms with Crippen LogP contribution in [0.4, 0.5) is 16.2 Å². The van der Waals surface area contributed by atoms with Gasteiger partial charge >= 0.3 is 6.03 Å². The van der Waals surface area contributed by atoms with Crippen molar-refractivity contribution in [1.82, 2.24) is 5.32 Å². The van der Waals surface area contributed by atoms with Gasteiger partial charge in [0.25, 0.3) is 0 Å². The van der Waals surface area contributed by atoms with E-state index in [0.29, 0.717) is 30.1 Å². The Morgan fingerprint density at radius 2 is 2.03 bits per heavy atom. The van der Waals surface area contributed by atoms with Crippen LogP contribution in [0.5, 0.6) is 5.75 Å². The van der Waals surface area contributed by atoms with E-state index in [1.165, 1.54) is 0 Å². The van der Waals surface area contributed by atoms with E-state index in [2.05, 4.69) is 31.4 Å². The number of urea groups is 1. The van der Waals surface area contributed by atoms with E-state index in [1.54, 1.807) is 41.5 Å². The Labute approximate surface area is 176 Å². The maximum absolute atomic E-state index is 12.7. The molecule has 3 amide bonds. The van der Waals surface area contributed by atoms with E-state index >= 15 is 0 Å². The van der Waals surface area contributed by atoms with Gasteiger partial charge in [0, 0.05) is 23.5 Å². The number of nitrogens with zero attached hydrogens (tertiary/aromatic N) is 1. The van der Waals surface area contributed by atoms with Gasteiger partial charge in [0.1, 0.15) is 5.75 Å². The van der Waals surface area contributed by atoms with E-state index in [-0.39, 0.29) is 23.4 Å². The number of nitrogens with one attached hydrogen (secondary N) is 2. The van der Waals surface area contributed by atoms with Crippen LogP contribution in [0.3, 0.4) is 0 Å². The fourth-order valence-corrected chi connectivity index (χ4v) is 4.53. The van der Waals surface area contributed by atoms with Gasteiger partial charge in [-0.05, 0) is 47.9 Å². The zero-order valence-corrected chi connectivity index (χ0v) is 18.3. The van der Waals surface area contributed by atoms with Crippen LogP contribution >= 0.6 is 11.3 Å². The predicted octanol–water partition coefficient (Wildman–Crippen LogP) is 5.18. The van der Waals surface area contributed by atoms with Crippen molar-refractivity contribution in [3.05, 3.63) is 40.6 Å². The van der Waals surface area contributed by atoms with Gasteiger partial charge in [-0.15, -0.1) is 11.3 Å². The van der Waals surface area contributed by atoms with Crippen LogP contribution in [0.15, 0.2) is 35.7 Å². The Bertz CT molecular complexity index is 859. The van der Waals surface area contributed by atoms with E-state index < -0.39 is 0 Å². The molecule has 29 heavy (non-hydrogen) atoms. The maximum atomic E-state index is 12.7. The second-order valence-corrected chi connectivity index (χ2v) is 9.28. The minimum absolute atomic E-state index is 0.0849. The summed E-state index contributed by atoms with van der Waals surface area (Å²) in [5.41, 5.74) is 1.18. The molecule has 0 bridgehead atoms. The van der Waals surface area contributed by atoms with E-state index in [9.17, 15) is 9.59 Å². The lowest BCUT2D eigenvalue weighted by Crippen LogP contribution is -2.39. The Kier molecular flexibility index (Phi) is 6.47. The summed E-state index contributed by atoms with van der Waals surface area (Å²) >= 11 is 1.63. The fourth-order valence-electron chi connectivity index (χ4n) is 3.51. The molecule has 0 aliphatic carbocycles. The van der Waals surface area contributed by atoms with Crippen LogP contribution in [-0.4, -0.2) is 25.6 Å². The first-order valence-corrected chi connectivity index (χ1v) is 10.8. The van der Waals surface area contributed by atoms with Crippen molar-refractivity contribution >= 4 is 34.6 Å². The third-order valence-electron chi connectivity index (χ3n) is 5.02. The number of carbonyl (C=O) groups excluding carboxylic acids is 2. The molecule has 2 N–H and O–H groups in total. The molecule has 156 valence electrons. The topological polar surface area (TPSA) is 70.7 Å². The lowest BCUT2D eigenvalue weighted by molar-refractivity contribution is -0.119. The van der Waals surface area contributed by atoms with Gasteiger partial charge in [0.2, 0.25) is 5.91 Å². The number of hydrogen-bond acceptors (Lipinski definition) is 4. The first-order chi connectivity index (χ1) is 13.8. The number of piperidine rings is 1. The van der Waals surface area contributed by atoms with Crippen molar-refractivity contribution in [3.8, 4) is 5.75 Å². The molecule has 2 heterocycles. The molecule has 1 aromatic heterocycles. The van der Waals surface area contributed by atoms with Gasteiger partial charge in [-0.2, -0.15) is 0 Å². The smallest absolute Gasteiger partial charge is 0.319 e. The average Bonchev–Trinajstić information content (AvgIpc) is 3.20. The van der Waals surface area contributed by atoms with Crippen LogP contribution in [0.1, 0.15) is 51.0 Å². The van der Waals surface area contributed by atoms with Crippen LogP contribution in [0.25, 0.3) is 0 Å². The van der Waals surface area contributed by atoms with E-state index in [1.807, 2.05) is 17.5 Å². The minimum atomic E-state index is -0.278. The van der Waals surface area contributed by atoms with Crippen molar-refractivity contribution < 1.29 is 14.3 Å². The van der Waals surface area contributed by atoms with Crippen molar-refractivity contribution in [2.75, 3.05) is 23.9 Å². The van der Waals surface area contributed by atoms with Gasteiger partial charge in [-0.25, -0.2) is 4.79 Å². The largest absolute Gasteiger partial charge is 0.495 e. The summed E-state index contributed by atoms with van der Waals surface area (Å²) in [7, 11) is 1.59. The third kappa shape index (κ3) is 5.09. The summed E-state index contributed by atoms with van der Waals surface area (Å²) in [6.07, 6.45) is 2.41. The van der Waals surface area contributed by atoms with Gasteiger partial charge in [-0.3, -0.25) is 4.79 Å². The molecular weight excluding hydrogens is 386 g/mol. The Morgan fingerprint density at radius 1 is 1.24 bits per heavy atom. The molecule has 1 saturated heterocycles. The maximum Gasteiger partial charge on any atom is 0.319 e. The summed E-state index contributed by atoms with van der Waals surface area (Å²) in [4.78, 5) is 28.0. The number of carbonyl (C=O) groups is 2. The van der Waals surface area contributed by atoms with Gasteiger partial charge < -0.3 is 20.3 Å². The summed E-state index contributed by atoms with van der Waals surface area (Å²) in [5.74, 6) is 0.707. The molecule has 3 rings (SSSR count). The Hall–Kier alpha value is -2.54. The van der Waals surface area contributed by atoms with Crippen molar-refractivity contribution in [2.24, 2.45) is 5.41 Å². The molecule has 0 spiro atoms. The molecule has 1 atom stereocenters. The van der Waals surface area contributed by atoms with Gasteiger partial charge in [0.05, 0.1) is 18.8 Å². The van der Waals surface area contributed by atoms with Crippen LogP contribution in [0.2, 0.25) is 0 Å². The number of amides is 3. The highest BCUT2D eigenvalue weighted by Crippen LogP contribution is 2.36. The summed E-state index contributed by atoms with van der Waals surface area (Å²) in [6, 6.07) is 9.01. The number of thiophene rings is 1. The lowest BCUT2D eigenvalue weighted by atomic mass is 9.86. The highest BCUT2D eigenvalue weighted by molar-refractivity contribution is 7.10. The number of ether oxygens (including phenoxy) is 1. The quantitative estimate of drug-likeness (QED) is 0.707. The second-order valence-electron chi connectivity index (χ2n) is 8.30. The van der Waals surface area contributed by atoms with E-state index in [0.717, 1.165) is 17.7 Å². The zero-order valence-electron chi connectivity index (χ0n) is 17.5. The molecule has 0 radical (unpaired) electrons. The number of hydrogen-bond donors (Lipinski definition) is 2. The highest BCUT2D eigenvalue weighted by Gasteiger charge is 2.29. The molecule has 0 saturated carbocycles.